The summed E-state index contributed by atoms with van der Waals surface area (Å²) in [4.78, 5) is 11.0. The molecule has 0 amide bonds. The molecule has 0 radical (unpaired) electrons. The van der Waals surface area contributed by atoms with Crippen molar-refractivity contribution in [2.75, 3.05) is 5.32 Å². The Kier molecular flexibility index (Phi) is 5.23. The first-order chi connectivity index (χ1) is 14.7. The van der Waals surface area contributed by atoms with Crippen LogP contribution in [0.15, 0.2) is 48.7 Å². The number of fused-ring (bicyclic) bond motifs is 1. The normalized spacial score (nSPS) is 19.3. The van der Waals surface area contributed by atoms with Gasteiger partial charge in [-0.25, -0.2) is 9.97 Å². The highest BCUT2D eigenvalue weighted by molar-refractivity contribution is 7.05. The maximum absolute atomic E-state index is 9.87. The smallest absolute Gasteiger partial charge is 0.154 e. The third-order valence-electron chi connectivity index (χ3n) is 5.66. The van der Waals surface area contributed by atoms with E-state index >= 15 is 0 Å². The molecule has 1 aromatic carbocycles. The van der Waals surface area contributed by atoms with Gasteiger partial charge >= 0.3 is 0 Å². The molecule has 3 heterocycles. The van der Waals surface area contributed by atoms with Gasteiger partial charge in [-0.2, -0.15) is 4.37 Å². The molecule has 1 saturated carbocycles. The SMILES string of the molecule is Cc1cc(Cc2nc(NC3CCC(O)CC3)c3c(ccn3-c3ccccc3)n2)sn1. The molecule has 1 aliphatic carbocycles. The van der Waals surface area contributed by atoms with Crippen LogP contribution in [0.1, 0.15) is 42.1 Å². The Bertz CT molecular complexity index is 1150. The maximum Gasteiger partial charge on any atom is 0.154 e. The molecular formula is C23H25N5OS. The summed E-state index contributed by atoms with van der Waals surface area (Å²) < 4.78 is 6.53. The highest BCUT2D eigenvalue weighted by Gasteiger charge is 2.22. The van der Waals surface area contributed by atoms with Gasteiger partial charge in [-0.15, -0.1) is 0 Å². The maximum atomic E-state index is 9.87. The quantitative estimate of drug-likeness (QED) is 0.498. The van der Waals surface area contributed by atoms with E-state index in [9.17, 15) is 5.11 Å². The molecule has 2 N–H and O–H groups in total. The lowest BCUT2D eigenvalue weighted by molar-refractivity contribution is 0.126. The van der Waals surface area contributed by atoms with Crippen LogP contribution in [0.25, 0.3) is 16.7 Å². The average Bonchev–Trinajstić information content (AvgIpc) is 3.36. The van der Waals surface area contributed by atoms with Crippen molar-refractivity contribution in [1.29, 1.82) is 0 Å². The van der Waals surface area contributed by atoms with Crippen molar-refractivity contribution in [3.8, 4) is 5.69 Å². The average molecular weight is 420 g/mol. The first-order valence-corrected chi connectivity index (χ1v) is 11.2. The lowest BCUT2D eigenvalue weighted by Gasteiger charge is -2.27. The molecule has 30 heavy (non-hydrogen) atoms. The number of rotatable bonds is 5. The fourth-order valence-corrected chi connectivity index (χ4v) is 4.88. The van der Waals surface area contributed by atoms with Gasteiger partial charge in [0.05, 0.1) is 17.3 Å². The van der Waals surface area contributed by atoms with Gasteiger partial charge in [0, 0.05) is 29.2 Å². The number of hydrogen-bond donors (Lipinski definition) is 2. The number of aromatic nitrogens is 4. The Morgan fingerprint density at radius 3 is 2.63 bits per heavy atom. The molecule has 1 aliphatic rings. The summed E-state index contributed by atoms with van der Waals surface area (Å²) in [5.74, 6) is 1.67. The highest BCUT2D eigenvalue weighted by Crippen LogP contribution is 2.29. The minimum atomic E-state index is -0.174. The summed E-state index contributed by atoms with van der Waals surface area (Å²) in [6.07, 6.45) is 6.12. The highest BCUT2D eigenvalue weighted by atomic mass is 32.1. The van der Waals surface area contributed by atoms with Crippen molar-refractivity contribution in [2.45, 2.75) is 51.2 Å². The number of para-hydroxylation sites is 1. The Labute approximate surface area is 179 Å². The zero-order valence-electron chi connectivity index (χ0n) is 17.0. The van der Waals surface area contributed by atoms with E-state index in [4.69, 9.17) is 9.97 Å². The van der Waals surface area contributed by atoms with Crippen LogP contribution >= 0.6 is 11.5 Å². The minimum absolute atomic E-state index is 0.174. The van der Waals surface area contributed by atoms with E-state index in [2.05, 4.69) is 44.7 Å². The Morgan fingerprint density at radius 2 is 1.90 bits per heavy atom. The van der Waals surface area contributed by atoms with E-state index in [0.29, 0.717) is 12.5 Å². The summed E-state index contributed by atoms with van der Waals surface area (Å²) >= 11 is 1.51. The van der Waals surface area contributed by atoms with Gasteiger partial charge in [-0.3, -0.25) is 0 Å². The molecule has 1 fully saturated rings. The number of nitrogens with zero attached hydrogens (tertiary/aromatic N) is 4. The lowest BCUT2D eigenvalue weighted by Crippen LogP contribution is -2.29. The fraction of sp³-hybridized carbons (Fsp3) is 0.348. The summed E-state index contributed by atoms with van der Waals surface area (Å²) in [5, 5.41) is 13.5. The van der Waals surface area contributed by atoms with E-state index in [1.165, 1.54) is 16.4 Å². The van der Waals surface area contributed by atoms with Gasteiger partial charge in [-0.1, -0.05) is 18.2 Å². The third-order valence-corrected chi connectivity index (χ3v) is 6.54. The number of anilines is 1. The zero-order chi connectivity index (χ0) is 20.5. The molecule has 0 bridgehead atoms. The van der Waals surface area contributed by atoms with Gasteiger partial charge in [0.1, 0.15) is 11.3 Å². The van der Waals surface area contributed by atoms with Crippen molar-refractivity contribution < 1.29 is 5.11 Å². The molecule has 0 aliphatic heterocycles. The molecule has 154 valence electrons. The van der Waals surface area contributed by atoms with Crippen molar-refractivity contribution in [3.63, 3.8) is 0 Å². The van der Waals surface area contributed by atoms with E-state index in [1.54, 1.807) is 0 Å². The second-order valence-electron chi connectivity index (χ2n) is 8.00. The number of aliphatic hydroxyl groups excluding tert-OH is 1. The molecule has 4 aromatic rings. The molecule has 0 saturated heterocycles. The second-order valence-corrected chi connectivity index (χ2v) is 8.89. The van der Waals surface area contributed by atoms with E-state index in [0.717, 1.165) is 59.7 Å². The van der Waals surface area contributed by atoms with Gasteiger partial charge < -0.3 is 15.0 Å². The lowest BCUT2D eigenvalue weighted by atomic mass is 9.93. The Hall–Kier alpha value is -2.77. The molecule has 3 aromatic heterocycles. The zero-order valence-corrected chi connectivity index (χ0v) is 17.8. The van der Waals surface area contributed by atoms with Crippen LogP contribution in [-0.4, -0.2) is 36.2 Å². The number of aliphatic hydroxyl groups is 1. The molecule has 5 rings (SSSR count). The second kappa shape index (κ2) is 8.16. The topological polar surface area (TPSA) is 75.9 Å². The summed E-state index contributed by atoms with van der Waals surface area (Å²) in [6, 6.07) is 14.8. The molecule has 6 nitrogen and oxygen atoms in total. The third kappa shape index (κ3) is 3.95. The van der Waals surface area contributed by atoms with Gasteiger partial charge in [0.25, 0.3) is 0 Å². The van der Waals surface area contributed by atoms with Crippen LogP contribution in [0.5, 0.6) is 0 Å². The largest absolute Gasteiger partial charge is 0.393 e. The van der Waals surface area contributed by atoms with Crippen molar-refractivity contribution in [2.24, 2.45) is 0 Å². The Balaban J connectivity index is 1.55. The first-order valence-electron chi connectivity index (χ1n) is 10.5. The van der Waals surface area contributed by atoms with Crippen LogP contribution in [0, 0.1) is 6.92 Å². The van der Waals surface area contributed by atoms with Crippen molar-refractivity contribution in [3.05, 3.63) is 65.1 Å². The van der Waals surface area contributed by atoms with E-state index < -0.39 is 0 Å². The van der Waals surface area contributed by atoms with Crippen LogP contribution in [0.3, 0.4) is 0 Å². The molecule has 0 spiro atoms. The summed E-state index contributed by atoms with van der Waals surface area (Å²) in [5.41, 5.74) is 4.05. The number of aryl methyl sites for hydroxylation is 1. The number of hydrogen-bond acceptors (Lipinski definition) is 6. The van der Waals surface area contributed by atoms with Gasteiger partial charge in [0.15, 0.2) is 5.82 Å². The van der Waals surface area contributed by atoms with Crippen molar-refractivity contribution >= 4 is 28.4 Å². The van der Waals surface area contributed by atoms with Crippen LogP contribution in [0.2, 0.25) is 0 Å². The monoisotopic (exact) mass is 419 g/mol. The first kappa shape index (κ1) is 19.2. The van der Waals surface area contributed by atoms with Gasteiger partial charge in [-0.05, 0) is 68.4 Å². The minimum Gasteiger partial charge on any atom is -0.393 e. The predicted molar refractivity (Wildman–Crippen MR) is 120 cm³/mol. The van der Waals surface area contributed by atoms with Crippen molar-refractivity contribution in [1.82, 2.24) is 18.9 Å². The predicted octanol–water partition coefficient (Wildman–Crippen LogP) is 4.49. The van der Waals surface area contributed by atoms with E-state index in [-0.39, 0.29) is 6.10 Å². The van der Waals surface area contributed by atoms with Crippen LogP contribution in [0.4, 0.5) is 5.82 Å². The molecule has 0 atom stereocenters. The van der Waals surface area contributed by atoms with Gasteiger partial charge in [0.2, 0.25) is 0 Å². The number of benzene rings is 1. The van der Waals surface area contributed by atoms with E-state index in [1.807, 2.05) is 25.1 Å². The standard InChI is InChI=1S/C23H25N5OS/c1-15-13-19(30-27-15)14-21-25-20-11-12-28(17-5-3-2-4-6-17)22(20)23(26-21)24-16-7-9-18(29)10-8-16/h2-6,11-13,16,18,29H,7-10,14H2,1H3,(H,24,25,26). The summed E-state index contributed by atoms with van der Waals surface area (Å²) in [6.45, 7) is 2.01. The molecular weight excluding hydrogens is 394 g/mol. The number of nitrogens with one attached hydrogen (secondary N) is 1. The van der Waals surface area contributed by atoms with Crippen LogP contribution in [-0.2, 0) is 6.42 Å². The molecule has 0 unspecified atom stereocenters. The summed E-state index contributed by atoms with van der Waals surface area (Å²) in [7, 11) is 0. The molecule has 7 heteroatoms. The van der Waals surface area contributed by atoms with Crippen LogP contribution < -0.4 is 5.32 Å². The Morgan fingerprint density at radius 1 is 1.10 bits per heavy atom. The fourth-order valence-electron chi connectivity index (χ4n) is 4.15.